The Hall–Kier alpha value is -1.14. The second-order valence-corrected chi connectivity index (χ2v) is 3.31. The molecular formula is C8H14N4OS. The number of ether oxygens (including phenoxy) is 1. The normalized spacial score (nSPS) is 10.1. The zero-order valence-electron chi connectivity index (χ0n) is 8.28. The first-order chi connectivity index (χ1) is 6.63. The number of hydrogen-bond acceptors (Lipinski definition) is 3. The summed E-state index contributed by atoms with van der Waals surface area (Å²) in [6.45, 7) is 3.24. The molecule has 0 saturated heterocycles. The summed E-state index contributed by atoms with van der Waals surface area (Å²) in [4.78, 5) is 0. The van der Waals surface area contributed by atoms with E-state index in [1.54, 1.807) is 11.8 Å². The van der Waals surface area contributed by atoms with E-state index in [4.69, 9.17) is 22.7 Å². The molecule has 14 heavy (non-hydrogen) atoms. The van der Waals surface area contributed by atoms with Crippen molar-refractivity contribution in [1.29, 1.82) is 0 Å². The van der Waals surface area contributed by atoms with Crippen molar-refractivity contribution in [2.75, 3.05) is 19.0 Å². The highest BCUT2D eigenvalue weighted by Crippen LogP contribution is 2.11. The molecule has 1 aromatic heterocycles. The van der Waals surface area contributed by atoms with Crippen LogP contribution in [0.3, 0.4) is 0 Å². The Morgan fingerprint density at radius 3 is 3.07 bits per heavy atom. The van der Waals surface area contributed by atoms with E-state index >= 15 is 0 Å². The number of methoxy groups -OCH3 is 1. The van der Waals surface area contributed by atoms with Gasteiger partial charge in [-0.25, -0.2) is 0 Å². The van der Waals surface area contributed by atoms with Crippen molar-refractivity contribution in [3.05, 3.63) is 11.9 Å². The monoisotopic (exact) mass is 214 g/mol. The lowest BCUT2D eigenvalue weighted by molar-refractivity contribution is 0.183. The molecule has 0 amide bonds. The van der Waals surface area contributed by atoms with Crippen LogP contribution < -0.4 is 11.1 Å². The van der Waals surface area contributed by atoms with Crippen LogP contribution in [0.15, 0.2) is 6.20 Å². The Bertz CT molecular complexity index is 323. The molecule has 5 nitrogen and oxygen atoms in total. The molecule has 0 aliphatic rings. The summed E-state index contributed by atoms with van der Waals surface area (Å²) in [6, 6.07) is 0. The molecule has 78 valence electrons. The van der Waals surface area contributed by atoms with E-state index < -0.39 is 0 Å². The number of aromatic nitrogens is 2. The van der Waals surface area contributed by atoms with Crippen molar-refractivity contribution in [3.63, 3.8) is 0 Å². The maximum absolute atomic E-state index is 5.36. The van der Waals surface area contributed by atoms with Gasteiger partial charge in [0.15, 0.2) is 5.11 Å². The van der Waals surface area contributed by atoms with Crippen LogP contribution in [0.5, 0.6) is 0 Å². The molecule has 0 aliphatic carbocycles. The summed E-state index contributed by atoms with van der Waals surface area (Å²) in [6.07, 6.45) is 1.85. The first-order valence-electron chi connectivity index (χ1n) is 4.23. The minimum Gasteiger partial charge on any atom is -0.383 e. The molecule has 0 aliphatic heterocycles. The van der Waals surface area contributed by atoms with Gasteiger partial charge in [-0.3, -0.25) is 4.68 Å². The molecule has 1 heterocycles. The lowest BCUT2D eigenvalue weighted by Crippen LogP contribution is -2.19. The van der Waals surface area contributed by atoms with Gasteiger partial charge in [0.2, 0.25) is 0 Å². The minimum atomic E-state index is 0.249. The molecule has 6 heteroatoms. The summed E-state index contributed by atoms with van der Waals surface area (Å²) >= 11 is 4.74. The molecule has 3 N–H and O–H groups in total. The molecule has 0 saturated carbocycles. The molecular weight excluding hydrogens is 200 g/mol. The molecule has 0 unspecified atom stereocenters. The van der Waals surface area contributed by atoms with Crippen molar-refractivity contribution in [2.45, 2.75) is 13.5 Å². The molecule has 0 bridgehead atoms. The fraction of sp³-hybridized carbons (Fsp3) is 0.500. The van der Waals surface area contributed by atoms with Gasteiger partial charge in [-0.15, -0.1) is 0 Å². The molecule has 0 radical (unpaired) electrons. The van der Waals surface area contributed by atoms with Crippen molar-refractivity contribution in [1.82, 2.24) is 9.78 Å². The number of nitrogens with zero attached hydrogens (tertiary/aromatic N) is 2. The van der Waals surface area contributed by atoms with Gasteiger partial charge in [0.1, 0.15) is 0 Å². The number of thiocarbonyl (C=S) groups is 1. The zero-order valence-corrected chi connectivity index (χ0v) is 9.10. The van der Waals surface area contributed by atoms with Crippen molar-refractivity contribution < 1.29 is 4.74 Å². The van der Waals surface area contributed by atoms with Gasteiger partial charge in [-0.1, -0.05) is 0 Å². The minimum absolute atomic E-state index is 0.249. The van der Waals surface area contributed by atoms with Crippen LogP contribution in [0.1, 0.15) is 5.69 Å². The second-order valence-electron chi connectivity index (χ2n) is 2.87. The predicted octanol–water partition coefficient (Wildman–Crippen LogP) is 0.493. The van der Waals surface area contributed by atoms with Crippen LogP contribution >= 0.6 is 12.2 Å². The third kappa shape index (κ3) is 2.97. The summed E-state index contributed by atoms with van der Waals surface area (Å²) in [5.41, 5.74) is 7.07. The fourth-order valence-electron chi connectivity index (χ4n) is 1.07. The van der Waals surface area contributed by atoms with E-state index in [1.807, 2.05) is 13.1 Å². The van der Waals surface area contributed by atoms with Crippen LogP contribution in [-0.2, 0) is 11.3 Å². The first-order valence-corrected chi connectivity index (χ1v) is 4.63. The van der Waals surface area contributed by atoms with E-state index in [1.165, 1.54) is 0 Å². The predicted molar refractivity (Wildman–Crippen MR) is 59.2 cm³/mol. The third-order valence-corrected chi connectivity index (χ3v) is 1.83. The van der Waals surface area contributed by atoms with Crippen molar-refractivity contribution >= 4 is 23.0 Å². The summed E-state index contributed by atoms with van der Waals surface area (Å²) in [5, 5.41) is 7.36. The molecule has 1 rings (SSSR count). The van der Waals surface area contributed by atoms with Gasteiger partial charge in [0.25, 0.3) is 0 Å². The number of anilines is 1. The Labute approximate surface area is 88.2 Å². The maximum atomic E-state index is 5.36. The second kappa shape index (κ2) is 4.92. The van der Waals surface area contributed by atoms with Crippen LogP contribution in [0.2, 0.25) is 0 Å². The molecule has 0 aromatic carbocycles. The van der Waals surface area contributed by atoms with E-state index in [0.717, 1.165) is 17.9 Å². The van der Waals surface area contributed by atoms with E-state index in [2.05, 4.69) is 10.4 Å². The largest absolute Gasteiger partial charge is 0.383 e. The Kier molecular flexibility index (Phi) is 3.84. The Morgan fingerprint density at radius 2 is 2.50 bits per heavy atom. The molecule has 0 spiro atoms. The van der Waals surface area contributed by atoms with Crippen molar-refractivity contribution in [2.24, 2.45) is 5.73 Å². The lowest BCUT2D eigenvalue weighted by atomic mass is 10.4. The van der Waals surface area contributed by atoms with Crippen LogP contribution in [0.25, 0.3) is 0 Å². The number of hydrogen-bond donors (Lipinski definition) is 2. The number of nitrogens with one attached hydrogen (secondary N) is 1. The quantitative estimate of drug-likeness (QED) is 0.714. The Morgan fingerprint density at radius 1 is 1.79 bits per heavy atom. The van der Waals surface area contributed by atoms with Gasteiger partial charge in [-0.05, 0) is 19.1 Å². The third-order valence-electron chi connectivity index (χ3n) is 1.73. The smallest absolute Gasteiger partial charge is 0.168 e. The first kappa shape index (κ1) is 10.9. The van der Waals surface area contributed by atoms with Crippen LogP contribution in [-0.4, -0.2) is 28.6 Å². The average Bonchev–Trinajstić information content (AvgIpc) is 2.43. The van der Waals surface area contributed by atoms with Crippen LogP contribution in [0, 0.1) is 6.92 Å². The highest BCUT2D eigenvalue weighted by molar-refractivity contribution is 7.80. The van der Waals surface area contributed by atoms with E-state index in [9.17, 15) is 0 Å². The van der Waals surface area contributed by atoms with Gasteiger partial charge >= 0.3 is 0 Å². The van der Waals surface area contributed by atoms with Crippen molar-refractivity contribution in [3.8, 4) is 0 Å². The highest BCUT2D eigenvalue weighted by Gasteiger charge is 2.04. The van der Waals surface area contributed by atoms with E-state index in [0.29, 0.717) is 6.61 Å². The number of rotatable bonds is 4. The molecule has 1 aromatic rings. The van der Waals surface area contributed by atoms with E-state index in [-0.39, 0.29) is 5.11 Å². The van der Waals surface area contributed by atoms with Crippen LogP contribution in [0.4, 0.5) is 5.69 Å². The zero-order chi connectivity index (χ0) is 10.6. The lowest BCUT2D eigenvalue weighted by Gasteiger charge is -1.99. The van der Waals surface area contributed by atoms with Gasteiger partial charge in [0, 0.05) is 13.3 Å². The number of nitrogens with two attached hydrogens (primary N) is 1. The number of aryl methyl sites for hydroxylation is 1. The maximum Gasteiger partial charge on any atom is 0.168 e. The average molecular weight is 214 g/mol. The van der Waals surface area contributed by atoms with Gasteiger partial charge in [-0.2, -0.15) is 5.10 Å². The Balaban J connectivity index is 2.66. The SMILES string of the molecule is COCCn1cc(NC(N)=S)c(C)n1. The fourth-order valence-corrected chi connectivity index (χ4v) is 1.18. The molecule has 0 atom stereocenters. The molecule has 0 fully saturated rings. The van der Waals surface area contributed by atoms with Gasteiger partial charge < -0.3 is 15.8 Å². The summed E-state index contributed by atoms with van der Waals surface area (Å²) in [5.74, 6) is 0. The summed E-state index contributed by atoms with van der Waals surface area (Å²) < 4.78 is 6.74. The van der Waals surface area contributed by atoms with Gasteiger partial charge in [0.05, 0.1) is 24.5 Å². The standard InChI is InChI=1S/C8H14N4OS/c1-6-7(10-8(9)14)5-12(11-6)3-4-13-2/h5H,3-4H2,1-2H3,(H3,9,10,14). The summed E-state index contributed by atoms with van der Waals surface area (Å²) in [7, 11) is 1.66. The highest BCUT2D eigenvalue weighted by atomic mass is 32.1. The topological polar surface area (TPSA) is 65.1 Å².